The topological polar surface area (TPSA) is 66.5 Å². The molecule has 0 aromatic heterocycles. The van der Waals surface area contributed by atoms with Crippen LogP contribution in [0.25, 0.3) is 0 Å². The van der Waals surface area contributed by atoms with Gasteiger partial charge in [-0.05, 0) is 6.92 Å². The van der Waals surface area contributed by atoms with Crippen molar-refractivity contribution in [3.8, 4) is 0 Å². The molecule has 0 fully saturated rings. The van der Waals surface area contributed by atoms with E-state index in [1.54, 1.807) is 6.92 Å². The highest BCUT2D eigenvalue weighted by atomic mass is 16.2. The summed E-state index contributed by atoms with van der Waals surface area (Å²) in [5, 5.41) is 2.63. The molecule has 1 aliphatic heterocycles. The van der Waals surface area contributed by atoms with Crippen LogP contribution in [0.4, 0.5) is 0 Å². The van der Waals surface area contributed by atoms with Crippen molar-refractivity contribution in [1.82, 2.24) is 10.2 Å². The molecule has 0 spiro atoms. The minimum absolute atomic E-state index is 0.117. The highest BCUT2D eigenvalue weighted by molar-refractivity contribution is 6.13. The van der Waals surface area contributed by atoms with E-state index in [-0.39, 0.29) is 30.7 Å². The van der Waals surface area contributed by atoms with Crippen LogP contribution in [0.5, 0.6) is 0 Å². The summed E-state index contributed by atoms with van der Waals surface area (Å²) >= 11 is 0. The Balaban J connectivity index is 2.29. The Morgan fingerprint density at radius 2 is 1.94 bits per heavy atom. The molecule has 16 heavy (non-hydrogen) atoms. The van der Waals surface area contributed by atoms with E-state index < -0.39 is 0 Å². The van der Waals surface area contributed by atoms with Crippen LogP contribution in [0.2, 0.25) is 0 Å². The molecule has 0 aliphatic carbocycles. The highest BCUT2D eigenvalue weighted by Gasteiger charge is 2.23. The lowest BCUT2D eigenvalue weighted by molar-refractivity contribution is -0.137. The quantitative estimate of drug-likeness (QED) is 0.525. The summed E-state index contributed by atoms with van der Waals surface area (Å²) in [5.41, 5.74) is 0.850. The van der Waals surface area contributed by atoms with Crippen LogP contribution in [0, 0.1) is 0 Å². The summed E-state index contributed by atoms with van der Waals surface area (Å²) in [5.74, 6) is -0.925. The first-order chi connectivity index (χ1) is 7.50. The van der Waals surface area contributed by atoms with Crippen LogP contribution in [0.15, 0.2) is 24.3 Å². The van der Waals surface area contributed by atoms with E-state index in [1.807, 2.05) is 0 Å². The smallest absolute Gasteiger partial charge is 0.253 e. The molecule has 3 amide bonds. The van der Waals surface area contributed by atoms with E-state index in [2.05, 4.69) is 11.9 Å². The van der Waals surface area contributed by atoms with Crippen molar-refractivity contribution in [1.29, 1.82) is 0 Å². The fourth-order valence-electron chi connectivity index (χ4n) is 1.20. The van der Waals surface area contributed by atoms with E-state index in [0.29, 0.717) is 6.54 Å². The van der Waals surface area contributed by atoms with Gasteiger partial charge in [-0.15, -0.1) is 0 Å². The minimum Gasteiger partial charge on any atom is -0.352 e. The maximum atomic E-state index is 11.3. The lowest BCUT2D eigenvalue weighted by Gasteiger charge is -2.13. The molecule has 0 aromatic carbocycles. The molecule has 0 aromatic rings. The monoisotopic (exact) mass is 222 g/mol. The van der Waals surface area contributed by atoms with Gasteiger partial charge in [-0.2, -0.15) is 0 Å². The first-order valence-corrected chi connectivity index (χ1v) is 4.95. The lowest BCUT2D eigenvalue weighted by Crippen LogP contribution is -2.35. The van der Waals surface area contributed by atoms with Crippen molar-refractivity contribution in [3.05, 3.63) is 24.3 Å². The Bertz CT molecular complexity index is 353. The number of carbonyl (C=O) groups excluding carboxylic acids is 3. The van der Waals surface area contributed by atoms with Crippen LogP contribution < -0.4 is 5.32 Å². The lowest BCUT2D eigenvalue weighted by atomic mass is 10.3. The Hall–Kier alpha value is -1.91. The molecular formula is C11H14N2O3. The number of carbonyl (C=O) groups is 3. The van der Waals surface area contributed by atoms with Gasteiger partial charge in [0.15, 0.2) is 0 Å². The van der Waals surface area contributed by atoms with Crippen LogP contribution in [0.1, 0.15) is 13.3 Å². The van der Waals surface area contributed by atoms with Crippen LogP contribution in [0.3, 0.4) is 0 Å². The summed E-state index contributed by atoms with van der Waals surface area (Å²) in [4.78, 5) is 34.6. The van der Waals surface area contributed by atoms with E-state index in [9.17, 15) is 14.4 Å². The zero-order chi connectivity index (χ0) is 12.1. The fraction of sp³-hybridized carbons (Fsp3) is 0.364. The second-order valence-corrected chi connectivity index (χ2v) is 3.65. The Labute approximate surface area is 93.8 Å². The molecule has 0 saturated heterocycles. The van der Waals surface area contributed by atoms with Gasteiger partial charge in [0.25, 0.3) is 11.8 Å². The normalized spacial score (nSPS) is 14.4. The molecule has 5 nitrogen and oxygen atoms in total. The fourth-order valence-corrected chi connectivity index (χ4v) is 1.20. The summed E-state index contributed by atoms with van der Waals surface area (Å²) < 4.78 is 0. The molecule has 0 atom stereocenters. The van der Waals surface area contributed by atoms with Gasteiger partial charge in [0.05, 0.1) is 0 Å². The van der Waals surface area contributed by atoms with Crippen molar-refractivity contribution in [2.24, 2.45) is 0 Å². The number of nitrogens with one attached hydrogen (secondary N) is 1. The molecule has 0 bridgehead atoms. The number of hydrogen-bond donors (Lipinski definition) is 1. The summed E-state index contributed by atoms with van der Waals surface area (Å²) in [6, 6.07) is 0. The van der Waals surface area contributed by atoms with Crippen molar-refractivity contribution in [3.63, 3.8) is 0 Å². The van der Waals surface area contributed by atoms with Crippen molar-refractivity contribution >= 4 is 17.7 Å². The Morgan fingerprint density at radius 1 is 1.38 bits per heavy atom. The zero-order valence-corrected chi connectivity index (χ0v) is 9.16. The SMILES string of the molecule is C=C(C)CNC(=O)CCN1C(=O)C=CC1=O. The summed E-state index contributed by atoms with van der Waals surface area (Å²) in [7, 11) is 0. The molecule has 0 radical (unpaired) electrons. The average molecular weight is 222 g/mol. The van der Waals surface area contributed by atoms with Gasteiger partial charge < -0.3 is 5.32 Å². The largest absolute Gasteiger partial charge is 0.352 e. The van der Waals surface area contributed by atoms with Gasteiger partial charge in [0.2, 0.25) is 5.91 Å². The summed E-state index contributed by atoms with van der Waals surface area (Å²) in [6.45, 7) is 5.98. The molecule has 86 valence electrons. The van der Waals surface area contributed by atoms with Crippen molar-refractivity contribution in [2.75, 3.05) is 13.1 Å². The van der Waals surface area contributed by atoms with Crippen LogP contribution >= 0.6 is 0 Å². The third kappa shape index (κ3) is 3.34. The molecule has 0 unspecified atom stereocenters. The highest BCUT2D eigenvalue weighted by Crippen LogP contribution is 2.03. The molecule has 1 aliphatic rings. The first kappa shape index (κ1) is 12.2. The predicted molar refractivity (Wildman–Crippen MR) is 58.3 cm³/mol. The van der Waals surface area contributed by atoms with Gasteiger partial charge >= 0.3 is 0 Å². The first-order valence-electron chi connectivity index (χ1n) is 4.95. The number of amides is 3. The van der Waals surface area contributed by atoms with E-state index >= 15 is 0 Å². The molecular weight excluding hydrogens is 208 g/mol. The van der Waals surface area contributed by atoms with Gasteiger partial charge in [-0.25, -0.2) is 0 Å². The predicted octanol–water partition coefficient (Wildman–Crippen LogP) is -0.00620. The number of rotatable bonds is 5. The van der Waals surface area contributed by atoms with Crippen LogP contribution in [-0.4, -0.2) is 35.7 Å². The Kier molecular flexibility index (Phi) is 3.99. The third-order valence-electron chi connectivity index (χ3n) is 2.05. The van der Waals surface area contributed by atoms with Crippen molar-refractivity contribution < 1.29 is 14.4 Å². The number of nitrogens with zero attached hydrogens (tertiary/aromatic N) is 1. The Morgan fingerprint density at radius 3 is 2.44 bits per heavy atom. The second kappa shape index (κ2) is 5.25. The van der Waals surface area contributed by atoms with E-state index in [1.165, 1.54) is 12.2 Å². The third-order valence-corrected chi connectivity index (χ3v) is 2.05. The maximum absolute atomic E-state index is 11.3. The van der Waals surface area contributed by atoms with Gasteiger partial charge in [-0.3, -0.25) is 19.3 Å². The minimum atomic E-state index is -0.363. The van der Waals surface area contributed by atoms with Gasteiger partial charge in [0.1, 0.15) is 0 Å². The maximum Gasteiger partial charge on any atom is 0.253 e. The zero-order valence-electron chi connectivity index (χ0n) is 9.16. The molecule has 0 saturated carbocycles. The number of imide groups is 1. The molecule has 5 heteroatoms. The van der Waals surface area contributed by atoms with Crippen molar-refractivity contribution in [2.45, 2.75) is 13.3 Å². The summed E-state index contributed by atoms with van der Waals surface area (Å²) in [6.07, 6.45) is 2.52. The molecule has 1 N–H and O–H groups in total. The van der Waals surface area contributed by atoms with E-state index in [4.69, 9.17) is 0 Å². The standard InChI is InChI=1S/C11H14N2O3/c1-8(2)7-12-9(14)5-6-13-10(15)3-4-11(13)16/h3-4H,1,5-7H2,2H3,(H,12,14). The van der Waals surface area contributed by atoms with Gasteiger partial charge in [-0.1, -0.05) is 12.2 Å². The van der Waals surface area contributed by atoms with E-state index in [0.717, 1.165) is 10.5 Å². The second-order valence-electron chi connectivity index (χ2n) is 3.65. The molecule has 1 heterocycles. The van der Waals surface area contributed by atoms with Gasteiger partial charge in [0, 0.05) is 31.7 Å². The number of hydrogen-bond acceptors (Lipinski definition) is 3. The average Bonchev–Trinajstić information content (AvgIpc) is 2.53. The molecule has 1 rings (SSSR count). The van der Waals surface area contributed by atoms with Crippen LogP contribution in [-0.2, 0) is 14.4 Å².